The van der Waals surface area contributed by atoms with E-state index in [2.05, 4.69) is 6.07 Å². The summed E-state index contributed by atoms with van der Waals surface area (Å²) < 4.78 is 16.0. The minimum Gasteiger partial charge on any atom is -0.496 e. The SMILES string of the molecule is CCOC(=O)C1(c2c(C)cc(C)cc2OC)COC1. The van der Waals surface area contributed by atoms with Gasteiger partial charge in [-0.05, 0) is 38.0 Å². The minimum absolute atomic E-state index is 0.230. The van der Waals surface area contributed by atoms with E-state index in [0.717, 1.165) is 22.4 Å². The van der Waals surface area contributed by atoms with E-state index in [-0.39, 0.29) is 5.97 Å². The highest BCUT2D eigenvalue weighted by molar-refractivity contribution is 5.86. The minimum atomic E-state index is -0.709. The third kappa shape index (κ3) is 2.21. The zero-order valence-electron chi connectivity index (χ0n) is 11.9. The van der Waals surface area contributed by atoms with Crippen LogP contribution in [0, 0.1) is 13.8 Å². The maximum Gasteiger partial charge on any atom is 0.321 e. The predicted molar refractivity (Wildman–Crippen MR) is 71.6 cm³/mol. The zero-order chi connectivity index (χ0) is 14.0. The molecule has 2 rings (SSSR count). The first kappa shape index (κ1) is 13.9. The molecule has 1 aromatic rings. The van der Waals surface area contributed by atoms with Crippen molar-refractivity contribution in [3.63, 3.8) is 0 Å². The van der Waals surface area contributed by atoms with Gasteiger partial charge in [-0.15, -0.1) is 0 Å². The maximum absolute atomic E-state index is 12.3. The highest BCUT2D eigenvalue weighted by Gasteiger charge is 2.51. The third-order valence-corrected chi connectivity index (χ3v) is 3.51. The van der Waals surface area contributed by atoms with E-state index in [4.69, 9.17) is 14.2 Å². The average molecular weight is 264 g/mol. The van der Waals surface area contributed by atoms with Crippen LogP contribution in [0.1, 0.15) is 23.6 Å². The van der Waals surface area contributed by atoms with E-state index in [1.165, 1.54) is 0 Å². The molecule has 104 valence electrons. The second kappa shape index (κ2) is 5.21. The van der Waals surface area contributed by atoms with Gasteiger partial charge in [0.2, 0.25) is 0 Å². The van der Waals surface area contributed by atoms with Crippen molar-refractivity contribution >= 4 is 5.97 Å². The molecule has 1 heterocycles. The first-order valence-electron chi connectivity index (χ1n) is 6.46. The number of methoxy groups -OCH3 is 1. The number of benzene rings is 1. The average Bonchev–Trinajstić information content (AvgIpc) is 2.30. The lowest BCUT2D eigenvalue weighted by Crippen LogP contribution is -2.54. The number of carbonyl (C=O) groups excluding carboxylic acids is 1. The number of aryl methyl sites for hydroxylation is 2. The third-order valence-electron chi connectivity index (χ3n) is 3.51. The molecule has 1 aliphatic heterocycles. The van der Waals surface area contributed by atoms with E-state index in [9.17, 15) is 4.79 Å². The van der Waals surface area contributed by atoms with Gasteiger partial charge in [-0.2, -0.15) is 0 Å². The smallest absolute Gasteiger partial charge is 0.321 e. The van der Waals surface area contributed by atoms with E-state index < -0.39 is 5.41 Å². The van der Waals surface area contributed by atoms with Crippen molar-refractivity contribution in [1.29, 1.82) is 0 Å². The van der Waals surface area contributed by atoms with E-state index in [1.54, 1.807) is 7.11 Å². The number of hydrogen-bond donors (Lipinski definition) is 0. The van der Waals surface area contributed by atoms with Crippen LogP contribution in [0.15, 0.2) is 12.1 Å². The van der Waals surface area contributed by atoms with Gasteiger partial charge < -0.3 is 14.2 Å². The normalized spacial score (nSPS) is 16.6. The monoisotopic (exact) mass is 264 g/mol. The summed E-state index contributed by atoms with van der Waals surface area (Å²) in [5.41, 5.74) is 2.33. The molecule has 1 saturated heterocycles. The molecule has 0 atom stereocenters. The van der Waals surface area contributed by atoms with Crippen LogP contribution in [-0.4, -0.2) is 32.9 Å². The van der Waals surface area contributed by atoms with Crippen molar-refractivity contribution in [1.82, 2.24) is 0 Å². The molecule has 0 spiro atoms. The van der Waals surface area contributed by atoms with Crippen molar-refractivity contribution in [3.05, 3.63) is 28.8 Å². The summed E-state index contributed by atoms with van der Waals surface area (Å²) in [7, 11) is 1.62. The number of rotatable bonds is 4. The van der Waals surface area contributed by atoms with Gasteiger partial charge in [0, 0.05) is 5.56 Å². The topological polar surface area (TPSA) is 44.8 Å². The molecule has 0 unspecified atom stereocenters. The Morgan fingerprint density at radius 2 is 2.05 bits per heavy atom. The van der Waals surface area contributed by atoms with Crippen LogP contribution in [0.4, 0.5) is 0 Å². The molecule has 0 aliphatic carbocycles. The lowest BCUT2D eigenvalue weighted by Gasteiger charge is -2.40. The summed E-state index contributed by atoms with van der Waals surface area (Å²) in [6, 6.07) is 4.00. The van der Waals surface area contributed by atoms with Crippen molar-refractivity contribution in [3.8, 4) is 5.75 Å². The fraction of sp³-hybridized carbons (Fsp3) is 0.533. The first-order valence-corrected chi connectivity index (χ1v) is 6.46. The summed E-state index contributed by atoms with van der Waals surface area (Å²) >= 11 is 0. The Labute approximate surface area is 113 Å². The Morgan fingerprint density at radius 3 is 2.53 bits per heavy atom. The molecule has 0 amide bonds. The van der Waals surface area contributed by atoms with Crippen molar-refractivity contribution in [2.45, 2.75) is 26.2 Å². The molecule has 4 heteroatoms. The maximum atomic E-state index is 12.3. The molecule has 1 aromatic carbocycles. The van der Waals surface area contributed by atoms with Crippen LogP contribution in [0.5, 0.6) is 5.75 Å². The molecular weight excluding hydrogens is 244 g/mol. The summed E-state index contributed by atoms with van der Waals surface area (Å²) in [5.74, 6) is 0.500. The predicted octanol–water partition coefficient (Wildman–Crippen LogP) is 2.14. The van der Waals surface area contributed by atoms with Gasteiger partial charge in [0.05, 0.1) is 26.9 Å². The number of carbonyl (C=O) groups is 1. The second-order valence-corrected chi connectivity index (χ2v) is 4.95. The molecule has 0 radical (unpaired) electrons. The quantitative estimate of drug-likeness (QED) is 0.782. The second-order valence-electron chi connectivity index (χ2n) is 4.95. The van der Waals surface area contributed by atoms with Crippen molar-refractivity contribution in [2.75, 3.05) is 26.9 Å². The van der Waals surface area contributed by atoms with E-state index in [1.807, 2.05) is 26.8 Å². The fourth-order valence-corrected chi connectivity index (χ4v) is 2.64. The first-order chi connectivity index (χ1) is 9.05. The van der Waals surface area contributed by atoms with Gasteiger partial charge >= 0.3 is 5.97 Å². The van der Waals surface area contributed by atoms with E-state index >= 15 is 0 Å². The van der Waals surface area contributed by atoms with Crippen LogP contribution in [0.3, 0.4) is 0 Å². The Morgan fingerprint density at radius 1 is 1.37 bits per heavy atom. The molecule has 0 saturated carbocycles. The van der Waals surface area contributed by atoms with Gasteiger partial charge in [-0.3, -0.25) is 4.79 Å². The largest absolute Gasteiger partial charge is 0.496 e. The summed E-state index contributed by atoms with van der Waals surface area (Å²) in [6.45, 7) is 6.88. The van der Waals surface area contributed by atoms with Crippen LogP contribution in [0.25, 0.3) is 0 Å². The summed E-state index contributed by atoms with van der Waals surface area (Å²) in [4.78, 5) is 12.3. The van der Waals surface area contributed by atoms with Crippen LogP contribution in [0.2, 0.25) is 0 Å². The molecule has 1 aliphatic rings. The molecule has 4 nitrogen and oxygen atoms in total. The lowest BCUT2D eigenvalue weighted by molar-refractivity contribution is -0.169. The Kier molecular flexibility index (Phi) is 3.80. The Hall–Kier alpha value is -1.55. The summed E-state index contributed by atoms with van der Waals surface area (Å²) in [6.07, 6.45) is 0. The molecular formula is C15H20O4. The molecule has 0 N–H and O–H groups in total. The van der Waals surface area contributed by atoms with Gasteiger partial charge in [-0.1, -0.05) is 6.07 Å². The number of hydrogen-bond acceptors (Lipinski definition) is 4. The van der Waals surface area contributed by atoms with Crippen LogP contribution < -0.4 is 4.74 Å². The van der Waals surface area contributed by atoms with Crippen molar-refractivity contribution < 1.29 is 19.0 Å². The van der Waals surface area contributed by atoms with Crippen LogP contribution in [-0.2, 0) is 19.7 Å². The lowest BCUT2D eigenvalue weighted by atomic mass is 9.75. The highest BCUT2D eigenvalue weighted by atomic mass is 16.6. The van der Waals surface area contributed by atoms with Gasteiger partial charge in [-0.25, -0.2) is 0 Å². The number of esters is 1. The molecule has 0 bridgehead atoms. The number of ether oxygens (including phenoxy) is 3. The molecule has 0 aromatic heterocycles. The molecule has 19 heavy (non-hydrogen) atoms. The van der Waals surface area contributed by atoms with Gasteiger partial charge in [0.25, 0.3) is 0 Å². The van der Waals surface area contributed by atoms with Crippen LogP contribution >= 0.6 is 0 Å². The van der Waals surface area contributed by atoms with E-state index in [0.29, 0.717) is 19.8 Å². The van der Waals surface area contributed by atoms with Crippen molar-refractivity contribution in [2.24, 2.45) is 0 Å². The standard InChI is InChI=1S/C15H20O4/c1-5-19-14(16)15(8-18-9-15)13-11(3)6-10(2)7-12(13)17-4/h6-7H,5,8-9H2,1-4H3. The Balaban J connectivity index is 2.52. The Bertz CT molecular complexity index is 489. The zero-order valence-corrected chi connectivity index (χ0v) is 11.9. The summed E-state index contributed by atoms with van der Waals surface area (Å²) in [5, 5.41) is 0. The highest BCUT2D eigenvalue weighted by Crippen LogP contribution is 2.41. The van der Waals surface area contributed by atoms with Gasteiger partial charge in [0.15, 0.2) is 0 Å². The molecule has 1 fully saturated rings. The van der Waals surface area contributed by atoms with Gasteiger partial charge in [0.1, 0.15) is 11.2 Å². The fourth-order valence-electron chi connectivity index (χ4n) is 2.64.